The largest absolute Gasteiger partial charge is 0.472 e. The molecule has 0 saturated heterocycles. The van der Waals surface area contributed by atoms with E-state index in [1.165, 1.54) is 0 Å². The highest BCUT2D eigenvalue weighted by molar-refractivity contribution is 7.47. The van der Waals surface area contributed by atoms with Crippen LogP contribution in [0.4, 0.5) is 0 Å². The van der Waals surface area contributed by atoms with Crippen molar-refractivity contribution in [2.45, 2.75) is 187 Å². The number of unbranched alkanes of at least 4 members (excludes halogenated alkanes) is 10. The second-order valence-electron chi connectivity index (χ2n) is 18.8. The van der Waals surface area contributed by atoms with Crippen molar-refractivity contribution in [3.05, 3.63) is 146 Å². The number of ether oxygens (including phenoxy) is 2. The van der Waals surface area contributed by atoms with E-state index in [9.17, 15) is 19.0 Å². The molecule has 0 aliphatic rings. The summed E-state index contributed by atoms with van der Waals surface area (Å²) in [5.41, 5.74) is 0. The molecule has 0 spiro atoms. The third-order valence-electron chi connectivity index (χ3n) is 10.9. The van der Waals surface area contributed by atoms with Gasteiger partial charge in [0.2, 0.25) is 0 Å². The van der Waals surface area contributed by atoms with Crippen LogP contribution in [0, 0.1) is 0 Å². The molecular formula is C62H101NO8P+. The number of phosphoric acid groups is 1. The molecule has 0 radical (unpaired) electrons. The Morgan fingerprint density at radius 2 is 0.750 bits per heavy atom. The fraction of sp³-hybridized carbons (Fsp3) is 0.581. The van der Waals surface area contributed by atoms with Gasteiger partial charge in [-0.2, -0.15) is 0 Å². The van der Waals surface area contributed by atoms with Crippen LogP contribution in [-0.2, 0) is 32.7 Å². The molecule has 0 aromatic heterocycles. The molecule has 2 unspecified atom stereocenters. The number of nitrogens with zero attached hydrogens (tertiary/aromatic N) is 1. The first-order valence-corrected chi connectivity index (χ1v) is 29.1. The number of carbonyl (C=O) groups excluding carboxylic acids is 2. The Morgan fingerprint density at radius 1 is 0.431 bits per heavy atom. The van der Waals surface area contributed by atoms with Crippen LogP contribution in [-0.4, -0.2) is 74.9 Å². The normalized spacial score (nSPS) is 14.5. The SMILES string of the molecule is CC/C=C\C/C=C\C/C=C\C/C=C\C/C=C\C/C=C\C/C=C\CCCCCCCC(=O)OC(COC(=O)CCCCCCC/C=C\C/C=C\C/C=C\C/C=C\C/C=C\CC)COP(=O)(O)OCC[N+](C)(C)C. The van der Waals surface area contributed by atoms with Gasteiger partial charge in [0, 0.05) is 12.8 Å². The summed E-state index contributed by atoms with van der Waals surface area (Å²) >= 11 is 0. The average Bonchev–Trinajstić information content (AvgIpc) is 3.34. The maximum absolute atomic E-state index is 12.8. The fourth-order valence-corrected chi connectivity index (χ4v) is 7.41. The van der Waals surface area contributed by atoms with Gasteiger partial charge in [0.05, 0.1) is 27.7 Å². The predicted molar refractivity (Wildman–Crippen MR) is 307 cm³/mol. The van der Waals surface area contributed by atoms with Crippen molar-refractivity contribution < 1.29 is 42.1 Å². The number of rotatable bonds is 48. The number of carbonyl (C=O) groups is 2. The molecule has 0 amide bonds. The summed E-state index contributed by atoms with van der Waals surface area (Å²) in [6, 6.07) is 0. The Bertz CT molecular complexity index is 1720. The van der Waals surface area contributed by atoms with Gasteiger partial charge in [-0.25, -0.2) is 4.57 Å². The molecule has 0 saturated carbocycles. The van der Waals surface area contributed by atoms with E-state index in [2.05, 4.69) is 160 Å². The van der Waals surface area contributed by atoms with Gasteiger partial charge >= 0.3 is 19.8 Å². The Labute approximate surface area is 440 Å². The summed E-state index contributed by atoms with van der Waals surface area (Å²) < 4.78 is 34.5. The molecule has 2 atom stereocenters. The number of likely N-dealkylation sites (N-methyl/N-ethyl adjacent to an activating group) is 1. The van der Waals surface area contributed by atoms with E-state index in [4.69, 9.17) is 18.5 Å². The smallest absolute Gasteiger partial charge is 0.462 e. The molecule has 10 heteroatoms. The Kier molecular flexibility index (Phi) is 48.8. The lowest BCUT2D eigenvalue weighted by Crippen LogP contribution is -2.37. The molecule has 0 aliphatic carbocycles. The minimum absolute atomic E-state index is 0.0146. The monoisotopic (exact) mass is 1020 g/mol. The predicted octanol–water partition coefficient (Wildman–Crippen LogP) is 17.1. The van der Waals surface area contributed by atoms with Crippen molar-refractivity contribution in [3.63, 3.8) is 0 Å². The summed E-state index contributed by atoms with van der Waals surface area (Å²) in [5, 5.41) is 0. The van der Waals surface area contributed by atoms with Crippen LogP contribution in [0.15, 0.2) is 146 Å². The number of phosphoric ester groups is 1. The van der Waals surface area contributed by atoms with Crippen LogP contribution in [0.25, 0.3) is 0 Å². The van der Waals surface area contributed by atoms with Crippen molar-refractivity contribution in [2.24, 2.45) is 0 Å². The van der Waals surface area contributed by atoms with Crippen molar-refractivity contribution >= 4 is 19.8 Å². The van der Waals surface area contributed by atoms with Gasteiger partial charge in [0.15, 0.2) is 6.10 Å². The van der Waals surface area contributed by atoms with Gasteiger partial charge in [-0.05, 0) is 116 Å². The average molecular weight is 1020 g/mol. The van der Waals surface area contributed by atoms with Gasteiger partial charge in [0.1, 0.15) is 19.8 Å². The van der Waals surface area contributed by atoms with E-state index in [-0.39, 0.29) is 26.1 Å². The second-order valence-corrected chi connectivity index (χ2v) is 20.3. The second kappa shape index (κ2) is 51.8. The number of allylic oxidation sites excluding steroid dienone is 24. The van der Waals surface area contributed by atoms with Crippen molar-refractivity contribution in [1.29, 1.82) is 0 Å². The molecule has 1 N–H and O–H groups in total. The Hall–Kier alpha value is -4.11. The molecule has 0 rings (SSSR count). The van der Waals surface area contributed by atoms with Gasteiger partial charge < -0.3 is 18.9 Å². The fourth-order valence-electron chi connectivity index (χ4n) is 6.67. The maximum Gasteiger partial charge on any atom is 0.472 e. The molecule has 0 heterocycles. The van der Waals surface area contributed by atoms with Crippen molar-refractivity contribution in [2.75, 3.05) is 47.5 Å². The van der Waals surface area contributed by atoms with Gasteiger partial charge in [0.25, 0.3) is 0 Å². The molecule has 406 valence electrons. The summed E-state index contributed by atoms with van der Waals surface area (Å²) in [6.45, 7) is 4.13. The lowest BCUT2D eigenvalue weighted by atomic mass is 10.1. The third kappa shape index (κ3) is 55.2. The lowest BCUT2D eigenvalue weighted by Gasteiger charge is -2.24. The maximum atomic E-state index is 12.8. The van der Waals surface area contributed by atoms with Crippen LogP contribution in [0.1, 0.15) is 181 Å². The summed E-state index contributed by atoms with van der Waals surface area (Å²) in [4.78, 5) is 35.7. The van der Waals surface area contributed by atoms with Crippen LogP contribution in [0.5, 0.6) is 0 Å². The van der Waals surface area contributed by atoms with Crippen LogP contribution in [0.3, 0.4) is 0 Å². The molecule has 9 nitrogen and oxygen atoms in total. The molecular weight excluding hydrogens is 918 g/mol. The quantitative estimate of drug-likeness (QED) is 0.0211. The molecule has 0 fully saturated rings. The molecule has 0 bridgehead atoms. The summed E-state index contributed by atoms with van der Waals surface area (Å²) in [7, 11) is 1.42. The Morgan fingerprint density at radius 3 is 1.11 bits per heavy atom. The van der Waals surface area contributed by atoms with E-state index in [1.54, 1.807) is 0 Å². The van der Waals surface area contributed by atoms with E-state index < -0.39 is 32.5 Å². The minimum Gasteiger partial charge on any atom is -0.462 e. The van der Waals surface area contributed by atoms with E-state index in [0.717, 1.165) is 141 Å². The van der Waals surface area contributed by atoms with Gasteiger partial charge in [-0.15, -0.1) is 0 Å². The molecule has 0 aromatic carbocycles. The van der Waals surface area contributed by atoms with E-state index in [0.29, 0.717) is 23.9 Å². The standard InChI is InChI=1S/C62H100NO8P/c1-6-8-10-12-14-16-18-20-22-24-26-28-29-30-31-32-33-35-37-39-41-43-45-47-49-51-53-55-62(65)71-60(59-70-72(66,67)69-57-56-63(3,4)5)58-68-61(64)54-52-50-48-46-44-42-40-38-36-34-27-25-23-21-19-17-15-13-11-9-7-2/h8-11,14-17,20-23,26-28,30-31,33-35,38-41,60H,6-7,12-13,18-19,24-25,29,32,36-37,42-59H2,1-5H3/p+1/b10-8-,11-9-,16-14-,17-15-,22-20-,23-21-,28-26-,31-30-,34-27-,35-33-,40-38-,41-39-. The highest BCUT2D eigenvalue weighted by Crippen LogP contribution is 2.43. The van der Waals surface area contributed by atoms with Crippen LogP contribution >= 0.6 is 7.82 Å². The number of hydrogen-bond donors (Lipinski definition) is 1. The van der Waals surface area contributed by atoms with Crippen LogP contribution in [0.2, 0.25) is 0 Å². The van der Waals surface area contributed by atoms with E-state index >= 15 is 0 Å². The Balaban J connectivity index is 4.35. The van der Waals surface area contributed by atoms with E-state index in [1.807, 2.05) is 21.1 Å². The highest BCUT2D eigenvalue weighted by Gasteiger charge is 2.27. The van der Waals surface area contributed by atoms with Crippen molar-refractivity contribution in [3.8, 4) is 0 Å². The van der Waals surface area contributed by atoms with Crippen molar-refractivity contribution in [1.82, 2.24) is 0 Å². The molecule has 0 aliphatic heterocycles. The zero-order valence-corrected chi connectivity index (χ0v) is 46.7. The number of esters is 2. The number of quaternary nitrogens is 1. The first kappa shape index (κ1) is 67.9. The van der Waals surface area contributed by atoms with Gasteiger partial charge in [-0.1, -0.05) is 198 Å². The highest BCUT2D eigenvalue weighted by atomic mass is 31.2. The minimum atomic E-state index is -4.41. The topological polar surface area (TPSA) is 108 Å². The summed E-state index contributed by atoms with van der Waals surface area (Å²) in [5.74, 6) is -0.856. The van der Waals surface area contributed by atoms with Crippen LogP contribution < -0.4 is 0 Å². The summed E-state index contributed by atoms with van der Waals surface area (Å²) in [6.07, 6.45) is 76.1. The molecule has 0 aromatic rings. The molecule has 72 heavy (non-hydrogen) atoms. The lowest BCUT2D eigenvalue weighted by molar-refractivity contribution is -0.870. The zero-order chi connectivity index (χ0) is 52.7. The third-order valence-corrected chi connectivity index (χ3v) is 11.8. The zero-order valence-electron chi connectivity index (χ0n) is 45.8. The van der Waals surface area contributed by atoms with Gasteiger partial charge in [-0.3, -0.25) is 18.6 Å². The first-order chi connectivity index (χ1) is 35.0. The number of hydrogen-bond acceptors (Lipinski definition) is 7. The first-order valence-electron chi connectivity index (χ1n) is 27.6.